The van der Waals surface area contributed by atoms with E-state index in [9.17, 15) is 4.79 Å². The van der Waals surface area contributed by atoms with Crippen LogP contribution in [0.2, 0.25) is 10.0 Å². The van der Waals surface area contributed by atoms with Gasteiger partial charge in [-0.15, -0.1) is 0 Å². The van der Waals surface area contributed by atoms with Crippen LogP contribution in [0.25, 0.3) is 10.8 Å². The first-order chi connectivity index (χ1) is 16.3. The maximum Gasteiger partial charge on any atom is 0.252 e. The molecule has 0 bridgehead atoms. The molecule has 1 aliphatic rings. The number of nitrogens with one attached hydrogen (secondary N) is 1. The Morgan fingerprint density at radius 2 is 1.82 bits per heavy atom. The minimum atomic E-state index is -0.901. The molecule has 0 spiro atoms. The zero-order chi connectivity index (χ0) is 24.3. The Bertz CT molecular complexity index is 1220. The second-order valence-electron chi connectivity index (χ2n) is 9.22. The summed E-state index contributed by atoms with van der Waals surface area (Å²) in [6, 6.07) is 19.8. The van der Waals surface area contributed by atoms with Gasteiger partial charge in [0.05, 0.1) is 28.1 Å². The number of amidine groups is 1. The standard InChI is InChI=1S/C27H30Cl2N4O/c1-27(18-19-11-12-22(28)23(29)17-19)26(34)33(15-13-25(31-27)30-14-16-32(2)3)24-10-6-8-20-7-4-5-9-21(20)24/h4-12,17H,13-16,18H2,1-3H3,(H,30,31). The Hall–Kier alpha value is -2.60. The fourth-order valence-electron chi connectivity index (χ4n) is 4.41. The largest absolute Gasteiger partial charge is 0.360 e. The lowest BCUT2D eigenvalue weighted by Crippen LogP contribution is -2.56. The molecule has 0 radical (unpaired) electrons. The van der Waals surface area contributed by atoms with Crippen molar-refractivity contribution in [1.82, 2.24) is 10.2 Å². The fourth-order valence-corrected chi connectivity index (χ4v) is 4.73. The van der Waals surface area contributed by atoms with Gasteiger partial charge in [0.2, 0.25) is 0 Å². The second kappa shape index (κ2) is 10.3. The second-order valence-corrected chi connectivity index (χ2v) is 10.0. The summed E-state index contributed by atoms with van der Waals surface area (Å²) in [5, 5.41) is 6.66. The zero-order valence-corrected chi connectivity index (χ0v) is 21.3. The number of halogens is 2. The van der Waals surface area contributed by atoms with Gasteiger partial charge < -0.3 is 15.1 Å². The molecular formula is C27H30Cl2N4O. The number of amides is 1. The van der Waals surface area contributed by atoms with E-state index in [2.05, 4.69) is 28.4 Å². The van der Waals surface area contributed by atoms with Crippen molar-refractivity contribution in [3.8, 4) is 0 Å². The molecule has 1 amide bonds. The Labute approximate surface area is 211 Å². The molecule has 5 nitrogen and oxygen atoms in total. The molecule has 1 N–H and O–H groups in total. The van der Waals surface area contributed by atoms with Crippen LogP contribution in [-0.2, 0) is 11.2 Å². The van der Waals surface area contributed by atoms with Gasteiger partial charge in [-0.05, 0) is 50.2 Å². The maximum absolute atomic E-state index is 14.1. The van der Waals surface area contributed by atoms with Gasteiger partial charge in [0, 0.05) is 31.3 Å². The van der Waals surface area contributed by atoms with Crippen molar-refractivity contribution in [3.63, 3.8) is 0 Å². The molecule has 1 aliphatic heterocycles. The molecule has 0 saturated carbocycles. The zero-order valence-electron chi connectivity index (χ0n) is 19.8. The summed E-state index contributed by atoms with van der Waals surface area (Å²) < 4.78 is 0. The topological polar surface area (TPSA) is 47.9 Å². The lowest BCUT2D eigenvalue weighted by Gasteiger charge is -2.33. The number of hydrogen-bond donors (Lipinski definition) is 1. The lowest BCUT2D eigenvalue weighted by atomic mass is 9.91. The summed E-state index contributed by atoms with van der Waals surface area (Å²) >= 11 is 12.4. The Balaban J connectivity index is 1.74. The van der Waals surface area contributed by atoms with Gasteiger partial charge in [-0.1, -0.05) is 65.7 Å². The van der Waals surface area contributed by atoms with Crippen LogP contribution >= 0.6 is 23.2 Å². The van der Waals surface area contributed by atoms with E-state index in [1.807, 2.05) is 62.3 Å². The number of fused-ring (bicyclic) bond motifs is 1. The normalized spacial score (nSPS) is 20.1. The highest BCUT2D eigenvalue weighted by Crippen LogP contribution is 2.32. The minimum absolute atomic E-state index is 0.00716. The average molecular weight is 497 g/mol. The molecule has 1 atom stereocenters. The molecule has 4 rings (SSSR count). The Morgan fingerprint density at radius 1 is 1.06 bits per heavy atom. The van der Waals surface area contributed by atoms with Crippen molar-refractivity contribution in [2.45, 2.75) is 25.3 Å². The van der Waals surface area contributed by atoms with E-state index >= 15 is 0 Å². The van der Waals surface area contributed by atoms with Gasteiger partial charge in [0.25, 0.3) is 5.91 Å². The van der Waals surface area contributed by atoms with E-state index in [0.29, 0.717) is 36.0 Å². The van der Waals surface area contributed by atoms with Gasteiger partial charge in [-0.3, -0.25) is 9.79 Å². The molecule has 1 saturated heterocycles. The van der Waals surface area contributed by atoms with Crippen molar-refractivity contribution >= 4 is 51.4 Å². The van der Waals surface area contributed by atoms with E-state index in [1.165, 1.54) is 0 Å². The van der Waals surface area contributed by atoms with Crippen LogP contribution in [0, 0.1) is 0 Å². The number of benzene rings is 3. The predicted molar refractivity (Wildman–Crippen MR) is 143 cm³/mol. The lowest BCUT2D eigenvalue weighted by molar-refractivity contribution is -0.123. The fraction of sp³-hybridized carbons (Fsp3) is 0.333. The Morgan fingerprint density at radius 3 is 2.59 bits per heavy atom. The maximum atomic E-state index is 14.1. The van der Waals surface area contributed by atoms with Crippen LogP contribution in [0.3, 0.4) is 0 Å². The van der Waals surface area contributed by atoms with E-state index in [-0.39, 0.29) is 5.91 Å². The van der Waals surface area contributed by atoms with Crippen LogP contribution < -0.4 is 10.2 Å². The molecule has 34 heavy (non-hydrogen) atoms. The van der Waals surface area contributed by atoms with Gasteiger partial charge in [-0.25, -0.2) is 0 Å². The third-order valence-corrected chi connectivity index (χ3v) is 6.90. The highest BCUT2D eigenvalue weighted by Gasteiger charge is 2.41. The summed E-state index contributed by atoms with van der Waals surface area (Å²) in [6.45, 7) is 4.01. The first-order valence-corrected chi connectivity index (χ1v) is 12.2. The van der Waals surface area contributed by atoms with E-state index in [4.69, 9.17) is 28.2 Å². The van der Waals surface area contributed by atoms with Crippen LogP contribution in [0.4, 0.5) is 5.69 Å². The summed E-state index contributed by atoms with van der Waals surface area (Å²) in [5.41, 5.74) is 0.951. The quantitative estimate of drug-likeness (QED) is 0.494. The monoisotopic (exact) mass is 496 g/mol. The molecule has 0 aliphatic carbocycles. The number of aliphatic imine (C=N–C) groups is 1. The van der Waals surface area contributed by atoms with Gasteiger partial charge >= 0.3 is 0 Å². The van der Waals surface area contributed by atoms with Crippen molar-refractivity contribution in [2.24, 2.45) is 4.99 Å². The number of hydrogen-bond acceptors (Lipinski definition) is 3. The third kappa shape index (κ3) is 5.38. The molecule has 178 valence electrons. The number of carbonyl (C=O) groups excluding carboxylic acids is 1. The van der Waals surface area contributed by atoms with E-state index < -0.39 is 5.54 Å². The van der Waals surface area contributed by atoms with Crippen molar-refractivity contribution in [1.29, 1.82) is 0 Å². The number of anilines is 1. The van der Waals surface area contributed by atoms with Crippen molar-refractivity contribution in [2.75, 3.05) is 38.6 Å². The molecule has 3 aromatic carbocycles. The minimum Gasteiger partial charge on any atom is -0.360 e. The number of carbonyl (C=O) groups is 1. The summed E-state index contributed by atoms with van der Waals surface area (Å²) in [5.74, 6) is 0.855. The van der Waals surface area contributed by atoms with Crippen molar-refractivity contribution < 1.29 is 4.79 Å². The molecule has 7 heteroatoms. The van der Waals surface area contributed by atoms with Crippen LogP contribution in [-0.4, -0.2) is 55.9 Å². The predicted octanol–water partition coefficient (Wildman–Crippen LogP) is 5.43. The number of nitrogens with zero attached hydrogens (tertiary/aromatic N) is 3. The molecule has 1 fully saturated rings. The van der Waals surface area contributed by atoms with Gasteiger partial charge in [0.1, 0.15) is 5.54 Å². The molecule has 1 heterocycles. The SMILES string of the molecule is CN(C)CCN=C1CCN(c2cccc3ccccc23)C(=O)C(C)(Cc2ccc(Cl)c(Cl)c2)N1. The molecule has 0 aromatic heterocycles. The molecule has 1 unspecified atom stereocenters. The van der Waals surface area contributed by atoms with Crippen LogP contribution in [0.5, 0.6) is 0 Å². The highest BCUT2D eigenvalue weighted by molar-refractivity contribution is 6.42. The summed E-state index contributed by atoms with van der Waals surface area (Å²) in [6.07, 6.45) is 1.11. The highest BCUT2D eigenvalue weighted by atomic mass is 35.5. The third-order valence-electron chi connectivity index (χ3n) is 6.16. The van der Waals surface area contributed by atoms with Crippen LogP contribution in [0.15, 0.2) is 65.7 Å². The first kappa shape index (κ1) is 24.5. The number of likely N-dealkylation sites (N-methyl/N-ethyl adjacent to an activating group) is 1. The van der Waals surface area contributed by atoms with E-state index in [1.54, 1.807) is 6.07 Å². The van der Waals surface area contributed by atoms with Gasteiger partial charge in [0.15, 0.2) is 0 Å². The molecular weight excluding hydrogens is 467 g/mol. The Kier molecular flexibility index (Phi) is 7.46. The smallest absolute Gasteiger partial charge is 0.252 e. The van der Waals surface area contributed by atoms with Gasteiger partial charge in [-0.2, -0.15) is 0 Å². The molecule has 3 aromatic rings. The van der Waals surface area contributed by atoms with Crippen LogP contribution in [0.1, 0.15) is 18.9 Å². The first-order valence-electron chi connectivity index (χ1n) is 11.5. The van der Waals surface area contributed by atoms with E-state index in [0.717, 1.165) is 34.4 Å². The average Bonchev–Trinajstić information content (AvgIpc) is 2.92. The summed E-state index contributed by atoms with van der Waals surface area (Å²) in [7, 11) is 4.06. The number of rotatable bonds is 6. The summed E-state index contributed by atoms with van der Waals surface area (Å²) in [4.78, 5) is 23.0. The van der Waals surface area contributed by atoms with Crippen molar-refractivity contribution in [3.05, 3.63) is 76.3 Å².